The summed E-state index contributed by atoms with van der Waals surface area (Å²) in [6, 6.07) is 15.1. The lowest BCUT2D eigenvalue weighted by Crippen LogP contribution is -1.82. The summed E-state index contributed by atoms with van der Waals surface area (Å²) < 4.78 is 1.03. The molecule has 0 atom stereocenters. The van der Waals surface area contributed by atoms with E-state index in [0.29, 0.717) is 15.9 Å². The molecule has 0 bridgehead atoms. The molecule has 0 spiro atoms. The maximum Gasteiger partial charge on any atom is 0.174 e. The Kier molecular flexibility index (Phi) is 4.62. The summed E-state index contributed by atoms with van der Waals surface area (Å²) in [5.74, 6) is 0.587. The van der Waals surface area contributed by atoms with Crippen LogP contribution in [0.3, 0.4) is 0 Å². The van der Waals surface area contributed by atoms with Crippen molar-refractivity contribution in [1.29, 1.82) is 0 Å². The summed E-state index contributed by atoms with van der Waals surface area (Å²) in [5.41, 5.74) is 2.74. The number of hydrogen-bond acceptors (Lipinski definition) is 2. The summed E-state index contributed by atoms with van der Waals surface area (Å²) in [5, 5.41) is 8.29. The van der Waals surface area contributed by atoms with Crippen LogP contribution in [0.1, 0.15) is 5.56 Å². The molecule has 2 aromatic carbocycles. The largest absolute Gasteiger partial charge is 0.276 e. The van der Waals surface area contributed by atoms with E-state index in [1.807, 2.05) is 36.4 Å². The number of aromatic nitrogens is 2. The summed E-state index contributed by atoms with van der Waals surface area (Å²) >= 11 is 15.4. The van der Waals surface area contributed by atoms with Crippen molar-refractivity contribution in [2.75, 3.05) is 0 Å². The fourth-order valence-corrected chi connectivity index (χ4v) is 2.62. The van der Waals surface area contributed by atoms with Crippen molar-refractivity contribution >= 4 is 51.2 Å². The van der Waals surface area contributed by atoms with Crippen molar-refractivity contribution in [3.05, 3.63) is 68.6 Å². The first-order valence-electron chi connectivity index (χ1n) is 6.42. The smallest absolute Gasteiger partial charge is 0.174 e. The van der Waals surface area contributed by atoms with Crippen LogP contribution >= 0.6 is 39.1 Å². The Balaban J connectivity index is 1.82. The highest BCUT2D eigenvalue weighted by Gasteiger charge is 2.03. The predicted octanol–water partition coefficient (Wildman–Crippen LogP) is 5.90. The number of rotatable bonds is 3. The predicted molar refractivity (Wildman–Crippen MR) is 95.4 cm³/mol. The molecule has 3 aromatic rings. The molecule has 0 saturated carbocycles. The topological polar surface area (TPSA) is 41.0 Å². The minimum atomic E-state index is 0.555. The Morgan fingerprint density at radius 1 is 1.05 bits per heavy atom. The Hall–Kier alpha value is -1.62. The fourth-order valence-electron chi connectivity index (χ4n) is 1.90. The standard InChI is InChI=1S/C16H10BrCl2N3/c17-12-4-1-10(2-5-12)15-8-16(22-21-15)20-9-11-3-6-13(18)7-14(11)19/h1-9H,(H,21,22). The lowest BCUT2D eigenvalue weighted by molar-refractivity contribution is 1.09. The molecule has 0 aliphatic carbocycles. The van der Waals surface area contributed by atoms with Crippen LogP contribution in [0.5, 0.6) is 0 Å². The van der Waals surface area contributed by atoms with Gasteiger partial charge >= 0.3 is 0 Å². The van der Waals surface area contributed by atoms with Crippen molar-refractivity contribution in [2.45, 2.75) is 0 Å². The number of hydrogen-bond donors (Lipinski definition) is 1. The van der Waals surface area contributed by atoms with Crippen LogP contribution < -0.4 is 0 Å². The molecule has 0 fully saturated rings. The molecule has 6 heteroatoms. The third-order valence-corrected chi connectivity index (χ3v) is 4.11. The molecule has 0 saturated heterocycles. The van der Waals surface area contributed by atoms with Gasteiger partial charge in [0.15, 0.2) is 5.82 Å². The van der Waals surface area contributed by atoms with E-state index in [4.69, 9.17) is 23.2 Å². The maximum absolute atomic E-state index is 6.10. The Morgan fingerprint density at radius 2 is 1.82 bits per heavy atom. The van der Waals surface area contributed by atoms with E-state index in [0.717, 1.165) is 21.3 Å². The minimum absolute atomic E-state index is 0.555. The van der Waals surface area contributed by atoms with Gasteiger partial charge in [0.2, 0.25) is 0 Å². The SMILES string of the molecule is Clc1ccc(C=Nc2cc(-c3ccc(Br)cc3)[nH]n2)c(Cl)c1. The summed E-state index contributed by atoms with van der Waals surface area (Å²) in [6.07, 6.45) is 1.67. The molecule has 1 heterocycles. The normalized spacial score (nSPS) is 11.2. The van der Waals surface area contributed by atoms with Gasteiger partial charge in [0.05, 0.1) is 10.7 Å². The molecule has 110 valence electrons. The van der Waals surface area contributed by atoms with Crippen LogP contribution in [0.15, 0.2) is 58.0 Å². The highest BCUT2D eigenvalue weighted by Crippen LogP contribution is 2.24. The molecule has 0 amide bonds. The van der Waals surface area contributed by atoms with Gasteiger partial charge in [-0.15, -0.1) is 0 Å². The zero-order valence-corrected chi connectivity index (χ0v) is 14.3. The van der Waals surface area contributed by atoms with Gasteiger partial charge in [-0.2, -0.15) is 5.10 Å². The third-order valence-electron chi connectivity index (χ3n) is 3.02. The Labute approximate surface area is 146 Å². The number of halogens is 3. The summed E-state index contributed by atoms with van der Waals surface area (Å²) in [6.45, 7) is 0. The van der Waals surface area contributed by atoms with E-state index in [1.54, 1.807) is 18.3 Å². The molecular formula is C16H10BrCl2N3. The molecule has 0 aliphatic rings. The molecule has 0 unspecified atom stereocenters. The molecule has 0 radical (unpaired) electrons. The van der Waals surface area contributed by atoms with Crippen molar-refractivity contribution in [2.24, 2.45) is 4.99 Å². The lowest BCUT2D eigenvalue weighted by atomic mass is 10.1. The third kappa shape index (κ3) is 3.58. The highest BCUT2D eigenvalue weighted by atomic mass is 79.9. The molecule has 1 aromatic heterocycles. The zero-order chi connectivity index (χ0) is 15.5. The van der Waals surface area contributed by atoms with E-state index in [1.165, 1.54) is 0 Å². The van der Waals surface area contributed by atoms with Crippen LogP contribution in [0.25, 0.3) is 11.3 Å². The van der Waals surface area contributed by atoms with Gasteiger partial charge in [-0.1, -0.05) is 57.3 Å². The van der Waals surface area contributed by atoms with Crippen molar-refractivity contribution in [1.82, 2.24) is 10.2 Å². The molecule has 0 aliphatic heterocycles. The molecule has 3 rings (SSSR count). The molecule has 22 heavy (non-hydrogen) atoms. The van der Waals surface area contributed by atoms with Gasteiger partial charge in [-0.3, -0.25) is 5.10 Å². The van der Waals surface area contributed by atoms with Crippen molar-refractivity contribution < 1.29 is 0 Å². The van der Waals surface area contributed by atoms with E-state index in [9.17, 15) is 0 Å². The number of H-pyrrole nitrogens is 1. The maximum atomic E-state index is 6.10. The van der Waals surface area contributed by atoms with Crippen LogP contribution in [-0.2, 0) is 0 Å². The number of nitrogens with zero attached hydrogens (tertiary/aromatic N) is 2. The fraction of sp³-hybridized carbons (Fsp3) is 0. The minimum Gasteiger partial charge on any atom is -0.276 e. The van der Waals surface area contributed by atoms with Gasteiger partial charge in [-0.05, 0) is 29.8 Å². The van der Waals surface area contributed by atoms with E-state index in [-0.39, 0.29) is 0 Å². The first kappa shape index (κ1) is 15.3. The van der Waals surface area contributed by atoms with Crippen molar-refractivity contribution in [3.63, 3.8) is 0 Å². The second kappa shape index (κ2) is 6.65. The average molecular weight is 395 g/mol. The van der Waals surface area contributed by atoms with Gasteiger partial charge in [0, 0.05) is 27.3 Å². The zero-order valence-electron chi connectivity index (χ0n) is 11.2. The summed E-state index contributed by atoms with van der Waals surface area (Å²) in [7, 11) is 0. The van der Waals surface area contributed by atoms with Crippen LogP contribution in [-0.4, -0.2) is 16.4 Å². The van der Waals surface area contributed by atoms with Crippen LogP contribution in [0.2, 0.25) is 10.0 Å². The first-order valence-corrected chi connectivity index (χ1v) is 7.97. The number of benzene rings is 2. The highest BCUT2D eigenvalue weighted by molar-refractivity contribution is 9.10. The number of aliphatic imine (C=N–C) groups is 1. The van der Waals surface area contributed by atoms with E-state index in [2.05, 4.69) is 31.1 Å². The second-order valence-corrected chi connectivity index (χ2v) is 6.33. The molecule has 1 N–H and O–H groups in total. The van der Waals surface area contributed by atoms with E-state index >= 15 is 0 Å². The number of aromatic amines is 1. The monoisotopic (exact) mass is 393 g/mol. The Bertz CT molecular complexity index is 826. The molecular weight excluding hydrogens is 385 g/mol. The first-order chi connectivity index (χ1) is 10.6. The van der Waals surface area contributed by atoms with Gasteiger partial charge in [0.1, 0.15) is 0 Å². The second-order valence-electron chi connectivity index (χ2n) is 4.57. The van der Waals surface area contributed by atoms with Crippen LogP contribution in [0, 0.1) is 0 Å². The van der Waals surface area contributed by atoms with Gasteiger partial charge in [-0.25, -0.2) is 4.99 Å². The van der Waals surface area contributed by atoms with Crippen molar-refractivity contribution in [3.8, 4) is 11.3 Å². The van der Waals surface area contributed by atoms with Gasteiger partial charge in [0.25, 0.3) is 0 Å². The molecule has 3 nitrogen and oxygen atoms in total. The summed E-state index contributed by atoms with van der Waals surface area (Å²) in [4.78, 5) is 4.33. The van der Waals surface area contributed by atoms with Gasteiger partial charge < -0.3 is 0 Å². The van der Waals surface area contributed by atoms with Crippen LogP contribution in [0.4, 0.5) is 5.82 Å². The lowest BCUT2D eigenvalue weighted by Gasteiger charge is -1.97. The Morgan fingerprint density at radius 3 is 2.55 bits per heavy atom. The van der Waals surface area contributed by atoms with E-state index < -0.39 is 0 Å². The number of nitrogens with one attached hydrogen (secondary N) is 1. The quantitative estimate of drug-likeness (QED) is 0.552. The average Bonchev–Trinajstić information content (AvgIpc) is 2.96.